The number of hydrogen-bond acceptors (Lipinski definition) is 5. The van der Waals surface area contributed by atoms with Crippen LogP contribution in [0.25, 0.3) is 0 Å². The first kappa shape index (κ1) is 17.6. The van der Waals surface area contributed by atoms with Crippen molar-refractivity contribution in [3.05, 3.63) is 22.1 Å². The van der Waals surface area contributed by atoms with Crippen LogP contribution in [-0.4, -0.2) is 21.8 Å². The molecule has 1 aliphatic carbocycles. The molecule has 0 radical (unpaired) electrons. The maximum atomic E-state index is 10.9. The van der Waals surface area contributed by atoms with Crippen LogP contribution in [-0.2, 0) is 9.59 Å². The molecular formula is C7H2ClNNa2O4+2. The molecule has 2 N–H and O–H groups in total. The van der Waals surface area contributed by atoms with Gasteiger partial charge in [0.05, 0.1) is 0 Å². The number of carbonyl (C=O) groups is 2. The summed E-state index contributed by atoms with van der Waals surface area (Å²) in [5, 5.41) is 25.4. The number of halogens is 1. The summed E-state index contributed by atoms with van der Waals surface area (Å²) in [5.74, 6) is -4.32. The number of rotatable bonds is 0. The number of nitriles is 1. The van der Waals surface area contributed by atoms with Gasteiger partial charge in [0.1, 0.15) is 16.7 Å². The monoisotopic (exact) mass is 245 g/mol. The van der Waals surface area contributed by atoms with Crippen LogP contribution in [0.4, 0.5) is 0 Å². The van der Waals surface area contributed by atoms with Crippen LogP contribution in [0, 0.1) is 11.3 Å². The van der Waals surface area contributed by atoms with Crippen LogP contribution in [0.15, 0.2) is 22.1 Å². The SMILES string of the molecule is N#CC1=C(O)C(=O)C(Cl)=C(O)C1=O.[Na+].[Na+]. The molecule has 0 spiro atoms. The van der Waals surface area contributed by atoms with E-state index in [0.29, 0.717) is 0 Å². The molecule has 1 rings (SSSR count). The van der Waals surface area contributed by atoms with Crippen molar-refractivity contribution >= 4 is 23.2 Å². The fourth-order valence-corrected chi connectivity index (χ4v) is 0.930. The van der Waals surface area contributed by atoms with Gasteiger partial charge >= 0.3 is 59.1 Å². The molecule has 0 fully saturated rings. The Bertz CT molecular complexity index is 421. The fraction of sp³-hybridized carbons (Fsp3) is 0. The molecule has 0 bridgehead atoms. The Morgan fingerprint density at radius 1 is 1.07 bits per heavy atom. The predicted molar refractivity (Wildman–Crippen MR) is 40.8 cm³/mol. The van der Waals surface area contributed by atoms with Gasteiger partial charge in [-0.25, -0.2) is 0 Å². The first-order valence-corrected chi connectivity index (χ1v) is 3.40. The first-order chi connectivity index (χ1) is 6.00. The molecule has 0 unspecified atom stereocenters. The Labute approximate surface area is 134 Å². The molecule has 5 nitrogen and oxygen atoms in total. The van der Waals surface area contributed by atoms with E-state index >= 15 is 0 Å². The minimum Gasteiger partial charge on any atom is -0.503 e. The van der Waals surface area contributed by atoms with Gasteiger partial charge in [-0.3, -0.25) is 9.59 Å². The molecule has 0 aromatic carbocycles. The molecule has 0 aromatic heterocycles. The van der Waals surface area contributed by atoms with E-state index in [9.17, 15) is 9.59 Å². The summed E-state index contributed by atoms with van der Waals surface area (Å²) in [6.45, 7) is 0. The van der Waals surface area contributed by atoms with Crippen molar-refractivity contribution in [2.24, 2.45) is 0 Å². The Balaban J connectivity index is 0. The van der Waals surface area contributed by atoms with Crippen LogP contribution in [0.3, 0.4) is 0 Å². The Hall–Kier alpha value is 0.200. The summed E-state index contributed by atoms with van der Waals surface area (Å²) in [4.78, 5) is 21.8. The van der Waals surface area contributed by atoms with E-state index < -0.39 is 33.7 Å². The van der Waals surface area contributed by atoms with Crippen molar-refractivity contribution in [1.82, 2.24) is 0 Å². The van der Waals surface area contributed by atoms with Crippen LogP contribution in [0.5, 0.6) is 0 Å². The number of hydrogen-bond donors (Lipinski definition) is 2. The van der Waals surface area contributed by atoms with Gasteiger partial charge in [0.2, 0.25) is 11.6 Å². The molecule has 0 saturated heterocycles. The summed E-state index contributed by atoms with van der Waals surface area (Å²) >= 11 is 5.19. The van der Waals surface area contributed by atoms with E-state index in [1.165, 1.54) is 6.07 Å². The van der Waals surface area contributed by atoms with Gasteiger partial charge in [-0.1, -0.05) is 11.6 Å². The number of nitrogens with zero attached hydrogens (tertiary/aromatic N) is 1. The molecule has 15 heavy (non-hydrogen) atoms. The molecule has 0 saturated carbocycles. The zero-order valence-electron chi connectivity index (χ0n) is 8.04. The van der Waals surface area contributed by atoms with Crippen molar-refractivity contribution in [1.29, 1.82) is 5.26 Å². The average molecular weight is 246 g/mol. The van der Waals surface area contributed by atoms with Crippen molar-refractivity contribution in [2.45, 2.75) is 0 Å². The molecule has 0 amide bonds. The number of aliphatic hydroxyl groups is 2. The number of allylic oxidation sites excluding steroid dienone is 2. The quantitative estimate of drug-likeness (QED) is 0.328. The predicted octanol–water partition coefficient (Wildman–Crippen LogP) is -5.51. The molecule has 0 atom stereocenters. The van der Waals surface area contributed by atoms with Gasteiger partial charge < -0.3 is 10.2 Å². The smallest absolute Gasteiger partial charge is 0.503 e. The van der Waals surface area contributed by atoms with Gasteiger partial charge in [-0.2, -0.15) is 5.26 Å². The molecule has 0 aliphatic heterocycles. The average Bonchev–Trinajstić information content (AvgIpc) is 2.13. The van der Waals surface area contributed by atoms with Crippen molar-refractivity contribution in [3.63, 3.8) is 0 Å². The van der Waals surface area contributed by atoms with Crippen LogP contribution in [0.2, 0.25) is 0 Å². The van der Waals surface area contributed by atoms with E-state index in [1.807, 2.05) is 0 Å². The summed E-state index contributed by atoms with van der Waals surface area (Å²) in [5.41, 5.74) is -0.799. The zero-order chi connectivity index (χ0) is 10.2. The second-order valence-electron chi connectivity index (χ2n) is 2.16. The second kappa shape index (κ2) is 6.71. The zero-order valence-corrected chi connectivity index (χ0v) is 12.8. The van der Waals surface area contributed by atoms with E-state index in [-0.39, 0.29) is 59.1 Å². The molecule has 0 heterocycles. The van der Waals surface area contributed by atoms with Crippen molar-refractivity contribution in [2.75, 3.05) is 0 Å². The minimum atomic E-state index is -1.15. The number of carbonyl (C=O) groups excluding carboxylic acids is 2. The van der Waals surface area contributed by atoms with E-state index in [1.54, 1.807) is 0 Å². The summed E-state index contributed by atoms with van der Waals surface area (Å²) < 4.78 is 0. The molecular weight excluding hydrogens is 244 g/mol. The summed E-state index contributed by atoms with van der Waals surface area (Å²) in [7, 11) is 0. The third-order valence-electron chi connectivity index (χ3n) is 1.41. The van der Waals surface area contributed by atoms with E-state index in [0.717, 1.165) is 0 Å². The van der Waals surface area contributed by atoms with Gasteiger partial charge in [0, 0.05) is 0 Å². The maximum absolute atomic E-state index is 10.9. The maximum Gasteiger partial charge on any atom is 1.00 e. The minimum absolute atomic E-state index is 0. The fourth-order valence-electron chi connectivity index (χ4n) is 0.754. The first-order valence-electron chi connectivity index (χ1n) is 3.02. The Morgan fingerprint density at radius 2 is 1.53 bits per heavy atom. The van der Waals surface area contributed by atoms with E-state index in [4.69, 9.17) is 27.1 Å². The standard InChI is InChI=1S/C7H2ClNO4.2Na/c8-3-6(12)4(10)2(1-9)5(11)7(3)13;;/h10,13H;;/q;2*+1. The Kier molecular flexibility index (Phi) is 7.87. The molecule has 8 heteroatoms. The van der Waals surface area contributed by atoms with Gasteiger partial charge in [0.15, 0.2) is 11.5 Å². The van der Waals surface area contributed by atoms with Crippen LogP contribution in [0.1, 0.15) is 0 Å². The van der Waals surface area contributed by atoms with Crippen LogP contribution >= 0.6 is 11.6 Å². The molecule has 66 valence electrons. The van der Waals surface area contributed by atoms with Crippen molar-refractivity contribution in [3.8, 4) is 6.07 Å². The largest absolute Gasteiger partial charge is 1.00 e. The Morgan fingerprint density at radius 3 is 1.93 bits per heavy atom. The number of Topliss-reactive ketones (excluding diaryl/α,β-unsaturated/α-hetero) is 2. The third-order valence-corrected chi connectivity index (χ3v) is 1.76. The normalized spacial score (nSPS) is 15.5. The molecule has 1 aliphatic rings. The van der Waals surface area contributed by atoms with Gasteiger partial charge in [-0.15, -0.1) is 0 Å². The number of aliphatic hydroxyl groups excluding tert-OH is 2. The summed E-state index contributed by atoms with van der Waals surface area (Å²) in [6, 6.07) is 1.29. The third kappa shape index (κ3) is 3.08. The molecule has 0 aromatic rings. The van der Waals surface area contributed by atoms with E-state index in [2.05, 4.69) is 0 Å². The van der Waals surface area contributed by atoms with Gasteiger partial charge in [0.25, 0.3) is 0 Å². The van der Waals surface area contributed by atoms with Crippen molar-refractivity contribution < 1.29 is 78.9 Å². The second-order valence-corrected chi connectivity index (χ2v) is 2.53. The van der Waals surface area contributed by atoms with Crippen LogP contribution < -0.4 is 59.1 Å². The topological polar surface area (TPSA) is 98.4 Å². The number of ketones is 2. The van der Waals surface area contributed by atoms with Gasteiger partial charge in [-0.05, 0) is 0 Å². The summed E-state index contributed by atoms with van der Waals surface area (Å²) in [6.07, 6.45) is 0.